The van der Waals surface area contributed by atoms with Crippen molar-refractivity contribution in [3.05, 3.63) is 36.4 Å². The van der Waals surface area contributed by atoms with E-state index in [9.17, 15) is 4.79 Å². The number of tetrazole rings is 1. The highest BCUT2D eigenvalue weighted by Crippen LogP contribution is 2.01. The Morgan fingerprint density at radius 1 is 1.53 bits per heavy atom. The Morgan fingerprint density at radius 2 is 2.41 bits per heavy atom. The van der Waals surface area contributed by atoms with Gasteiger partial charge in [0.2, 0.25) is 5.91 Å². The third-order valence-electron chi connectivity index (χ3n) is 2.26. The maximum absolute atomic E-state index is 11.8. The molecule has 2 aromatic rings. The number of rotatable bonds is 4. The lowest BCUT2D eigenvalue weighted by Crippen LogP contribution is -2.30. The number of pyridine rings is 1. The monoisotopic (exact) mass is 232 g/mol. The van der Waals surface area contributed by atoms with Gasteiger partial charge in [-0.1, -0.05) is 6.07 Å². The largest absolute Gasteiger partial charge is 0.340 e. The molecule has 0 radical (unpaired) electrons. The molecule has 0 N–H and O–H groups in total. The van der Waals surface area contributed by atoms with Crippen molar-refractivity contribution in [2.45, 2.75) is 13.1 Å². The molecule has 1 amide bonds. The Bertz CT molecular complexity index is 469. The second-order valence-electron chi connectivity index (χ2n) is 3.62. The first-order chi connectivity index (χ1) is 8.25. The summed E-state index contributed by atoms with van der Waals surface area (Å²) < 4.78 is 1.39. The molecule has 0 aliphatic heterocycles. The van der Waals surface area contributed by atoms with Gasteiger partial charge in [0, 0.05) is 26.0 Å². The van der Waals surface area contributed by atoms with Crippen LogP contribution >= 0.6 is 0 Å². The first kappa shape index (κ1) is 11.2. The van der Waals surface area contributed by atoms with Gasteiger partial charge in [-0.2, -0.15) is 0 Å². The minimum atomic E-state index is -0.0545. The smallest absolute Gasteiger partial charge is 0.244 e. The quantitative estimate of drug-likeness (QED) is 0.725. The molecular formula is C10H12N6O. The lowest BCUT2D eigenvalue weighted by molar-refractivity contribution is -0.131. The third kappa shape index (κ3) is 3.07. The molecule has 7 nitrogen and oxygen atoms in total. The van der Waals surface area contributed by atoms with Crippen LogP contribution in [0.4, 0.5) is 0 Å². The summed E-state index contributed by atoms with van der Waals surface area (Å²) in [6.07, 6.45) is 4.85. The molecule has 2 heterocycles. The van der Waals surface area contributed by atoms with Gasteiger partial charge in [0.15, 0.2) is 0 Å². The maximum atomic E-state index is 11.8. The van der Waals surface area contributed by atoms with Crippen LogP contribution < -0.4 is 0 Å². The van der Waals surface area contributed by atoms with Crippen LogP contribution in [0.1, 0.15) is 5.56 Å². The summed E-state index contributed by atoms with van der Waals surface area (Å²) in [4.78, 5) is 17.4. The van der Waals surface area contributed by atoms with Crippen molar-refractivity contribution in [1.82, 2.24) is 30.1 Å². The third-order valence-corrected chi connectivity index (χ3v) is 2.26. The molecule has 0 atom stereocenters. The standard InChI is InChI=1S/C10H12N6O/c1-15(6-9-3-2-4-11-5-9)10(17)7-16-8-12-13-14-16/h2-5,8H,6-7H2,1H3. The number of hydrogen-bond donors (Lipinski definition) is 0. The van der Waals surface area contributed by atoms with Gasteiger partial charge < -0.3 is 4.90 Å². The number of hydrogen-bond acceptors (Lipinski definition) is 5. The molecule has 0 bridgehead atoms. The zero-order valence-corrected chi connectivity index (χ0v) is 9.39. The van der Waals surface area contributed by atoms with E-state index in [4.69, 9.17) is 0 Å². The zero-order valence-electron chi connectivity index (χ0n) is 9.39. The Balaban J connectivity index is 1.92. The van der Waals surface area contributed by atoms with Gasteiger partial charge in [0.1, 0.15) is 12.9 Å². The van der Waals surface area contributed by atoms with E-state index in [2.05, 4.69) is 20.5 Å². The molecule has 2 rings (SSSR count). The van der Waals surface area contributed by atoms with Crippen molar-refractivity contribution in [1.29, 1.82) is 0 Å². The molecule has 0 saturated heterocycles. The highest BCUT2D eigenvalue weighted by Gasteiger charge is 2.10. The van der Waals surface area contributed by atoms with Gasteiger partial charge in [0.25, 0.3) is 0 Å². The predicted molar refractivity (Wildman–Crippen MR) is 58.5 cm³/mol. The number of carbonyl (C=O) groups excluding carboxylic acids is 1. The van der Waals surface area contributed by atoms with E-state index >= 15 is 0 Å². The molecule has 0 aromatic carbocycles. The summed E-state index contributed by atoms with van der Waals surface area (Å²) in [5.74, 6) is -0.0545. The molecule has 2 aromatic heterocycles. The SMILES string of the molecule is CN(Cc1cccnc1)C(=O)Cn1cnnn1. The first-order valence-electron chi connectivity index (χ1n) is 5.09. The minimum absolute atomic E-state index is 0.0545. The Labute approximate surface area is 98.1 Å². The van der Waals surface area contributed by atoms with Crippen LogP contribution in [-0.2, 0) is 17.9 Å². The van der Waals surface area contributed by atoms with E-state index in [-0.39, 0.29) is 12.5 Å². The molecular weight excluding hydrogens is 220 g/mol. The van der Waals surface area contributed by atoms with Gasteiger partial charge in [-0.25, -0.2) is 4.68 Å². The van der Waals surface area contributed by atoms with Gasteiger partial charge in [0.05, 0.1) is 0 Å². The molecule has 17 heavy (non-hydrogen) atoms. The van der Waals surface area contributed by atoms with Crippen molar-refractivity contribution >= 4 is 5.91 Å². The van der Waals surface area contributed by atoms with Crippen LogP contribution in [0.3, 0.4) is 0 Å². The van der Waals surface area contributed by atoms with Crippen LogP contribution in [0.15, 0.2) is 30.9 Å². The highest BCUT2D eigenvalue weighted by atomic mass is 16.2. The second kappa shape index (κ2) is 5.15. The first-order valence-corrected chi connectivity index (χ1v) is 5.09. The van der Waals surface area contributed by atoms with Gasteiger partial charge >= 0.3 is 0 Å². The van der Waals surface area contributed by atoms with Crippen molar-refractivity contribution in [2.24, 2.45) is 0 Å². The maximum Gasteiger partial charge on any atom is 0.244 e. The van der Waals surface area contributed by atoms with Crippen LogP contribution in [-0.4, -0.2) is 43.0 Å². The van der Waals surface area contributed by atoms with Crippen LogP contribution in [0.5, 0.6) is 0 Å². The molecule has 0 aliphatic carbocycles. The predicted octanol–water partition coefficient (Wildman–Crippen LogP) is -0.273. The Kier molecular flexibility index (Phi) is 3.39. The zero-order chi connectivity index (χ0) is 12.1. The van der Waals surface area contributed by atoms with Crippen molar-refractivity contribution in [3.63, 3.8) is 0 Å². The fourth-order valence-electron chi connectivity index (χ4n) is 1.37. The minimum Gasteiger partial charge on any atom is -0.340 e. The highest BCUT2D eigenvalue weighted by molar-refractivity contribution is 5.75. The molecule has 7 heteroatoms. The van der Waals surface area contributed by atoms with Gasteiger partial charge in [-0.3, -0.25) is 9.78 Å². The van der Waals surface area contributed by atoms with E-state index in [1.54, 1.807) is 24.3 Å². The van der Waals surface area contributed by atoms with Crippen LogP contribution in [0.2, 0.25) is 0 Å². The second-order valence-corrected chi connectivity index (χ2v) is 3.62. The average Bonchev–Trinajstić information content (AvgIpc) is 2.83. The van der Waals surface area contributed by atoms with Gasteiger partial charge in [-0.15, -0.1) is 5.10 Å². The number of amides is 1. The fourth-order valence-corrected chi connectivity index (χ4v) is 1.37. The van der Waals surface area contributed by atoms with Crippen LogP contribution in [0, 0.1) is 0 Å². The van der Waals surface area contributed by atoms with E-state index in [0.29, 0.717) is 6.54 Å². The van der Waals surface area contributed by atoms with Crippen LogP contribution in [0.25, 0.3) is 0 Å². The number of likely N-dealkylation sites (N-methyl/N-ethyl adjacent to an activating group) is 1. The molecule has 0 aliphatic rings. The summed E-state index contributed by atoms with van der Waals surface area (Å²) >= 11 is 0. The fraction of sp³-hybridized carbons (Fsp3) is 0.300. The molecule has 0 saturated carbocycles. The van der Waals surface area contributed by atoms with E-state index in [0.717, 1.165) is 5.56 Å². The van der Waals surface area contributed by atoms with Crippen molar-refractivity contribution in [3.8, 4) is 0 Å². The summed E-state index contributed by atoms with van der Waals surface area (Å²) in [5, 5.41) is 10.6. The van der Waals surface area contributed by atoms with E-state index in [1.807, 2.05) is 12.1 Å². The molecule has 0 fully saturated rings. The topological polar surface area (TPSA) is 76.8 Å². The van der Waals surface area contributed by atoms with Crippen molar-refractivity contribution in [2.75, 3.05) is 7.05 Å². The lowest BCUT2D eigenvalue weighted by Gasteiger charge is -2.16. The average molecular weight is 232 g/mol. The van der Waals surface area contributed by atoms with E-state index < -0.39 is 0 Å². The molecule has 0 spiro atoms. The Hall–Kier alpha value is -2.31. The number of carbonyl (C=O) groups is 1. The molecule has 0 unspecified atom stereocenters. The van der Waals surface area contributed by atoms with Crippen molar-refractivity contribution < 1.29 is 4.79 Å². The number of nitrogens with zero attached hydrogens (tertiary/aromatic N) is 6. The van der Waals surface area contributed by atoms with Gasteiger partial charge in [-0.05, 0) is 22.1 Å². The summed E-state index contributed by atoms with van der Waals surface area (Å²) in [7, 11) is 1.74. The summed E-state index contributed by atoms with van der Waals surface area (Å²) in [5.41, 5.74) is 0.986. The Morgan fingerprint density at radius 3 is 3.06 bits per heavy atom. The summed E-state index contributed by atoms with van der Waals surface area (Å²) in [6, 6.07) is 3.77. The summed E-state index contributed by atoms with van der Waals surface area (Å²) in [6.45, 7) is 0.665. The lowest BCUT2D eigenvalue weighted by atomic mass is 10.3. The normalized spacial score (nSPS) is 10.2. The van der Waals surface area contributed by atoms with E-state index in [1.165, 1.54) is 11.0 Å². The number of aromatic nitrogens is 5. The molecule has 88 valence electrons.